The number of hydrogen-bond acceptors (Lipinski definition) is 4. The number of para-hydroxylation sites is 1. The van der Waals surface area contributed by atoms with Crippen LogP contribution in [0.2, 0.25) is 0 Å². The first-order valence-corrected chi connectivity index (χ1v) is 10.2. The van der Waals surface area contributed by atoms with Crippen molar-refractivity contribution < 1.29 is 4.90 Å². The van der Waals surface area contributed by atoms with Gasteiger partial charge in [0.1, 0.15) is 23.9 Å². The van der Waals surface area contributed by atoms with E-state index in [1.165, 1.54) is 21.0 Å². The van der Waals surface area contributed by atoms with Crippen molar-refractivity contribution in [3.63, 3.8) is 0 Å². The minimum absolute atomic E-state index is 0.00571. The number of likely N-dealkylation sites (tertiary alicyclic amines) is 1. The number of thiazole rings is 1. The van der Waals surface area contributed by atoms with E-state index < -0.39 is 0 Å². The van der Waals surface area contributed by atoms with Crippen LogP contribution in [0.3, 0.4) is 0 Å². The summed E-state index contributed by atoms with van der Waals surface area (Å²) in [6.45, 7) is 3.86. The minimum Gasteiger partial charge on any atom is -0.322 e. The van der Waals surface area contributed by atoms with Gasteiger partial charge in [0.15, 0.2) is 5.01 Å². The van der Waals surface area contributed by atoms with Gasteiger partial charge in [-0.2, -0.15) is 0 Å². The van der Waals surface area contributed by atoms with Crippen LogP contribution in [0.15, 0.2) is 53.5 Å². The van der Waals surface area contributed by atoms with Crippen LogP contribution in [0, 0.1) is 6.92 Å². The molecule has 3 aromatic heterocycles. The first-order valence-electron chi connectivity index (χ1n) is 9.37. The fourth-order valence-electron chi connectivity index (χ4n) is 4.09. The predicted molar refractivity (Wildman–Crippen MR) is 107 cm³/mol. The molecule has 1 aliphatic heterocycles. The molecule has 1 aliphatic rings. The Morgan fingerprint density at radius 1 is 1.22 bits per heavy atom. The van der Waals surface area contributed by atoms with Crippen molar-refractivity contribution in [3.8, 4) is 0 Å². The normalized spacial score (nSPS) is 19.9. The van der Waals surface area contributed by atoms with Gasteiger partial charge in [-0.05, 0) is 30.7 Å². The fraction of sp³-hybridized carbons (Fsp3) is 0.286. The second kappa shape index (κ2) is 6.55. The van der Waals surface area contributed by atoms with E-state index in [-0.39, 0.29) is 5.56 Å². The average molecular weight is 377 g/mol. The largest absolute Gasteiger partial charge is 0.322 e. The lowest BCUT2D eigenvalue weighted by atomic mass is 10.2. The number of pyridine rings is 1. The second-order valence-electron chi connectivity index (χ2n) is 7.27. The molecule has 0 amide bonds. The van der Waals surface area contributed by atoms with Crippen LogP contribution in [-0.4, -0.2) is 20.9 Å². The lowest BCUT2D eigenvalue weighted by molar-refractivity contribution is -0.932. The molecular weight excluding hydrogens is 356 g/mol. The Morgan fingerprint density at radius 3 is 3.00 bits per heavy atom. The van der Waals surface area contributed by atoms with E-state index >= 15 is 0 Å². The molecule has 6 heteroatoms. The third-order valence-corrected chi connectivity index (χ3v) is 6.59. The highest BCUT2D eigenvalue weighted by Gasteiger charge is 2.33. The van der Waals surface area contributed by atoms with Gasteiger partial charge in [0.05, 0.1) is 16.8 Å². The lowest BCUT2D eigenvalue weighted by Gasteiger charge is -2.19. The Bertz CT molecular complexity index is 1160. The first kappa shape index (κ1) is 16.6. The van der Waals surface area contributed by atoms with Crippen molar-refractivity contribution in [2.45, 2.75) is 32.4 Å². The monoisotopic (exact) mass is 377 g/mol. The highest BCUT2D eigenvalue weighted by atomic mass is 32.1. The maximum atomic E-state index is 12.5. The molecule has 136 valence electrons. The van der Waals surface area contributed by atoms with Crippen molar-refractivity contribution in [2.75, 3.05) is 6.54 Å². The third-order valence-electron chi connectivity index (χ3n) is 5.44. The number of nitrogens with one attached hydrogen (secondary N) is 1. The molecular formula is C21H21N4OS+. The number of benzene rings is 1. The molecule has 5 nitrogen and oxygen atoms in total. The van der Waals surface area contributed by atoms with Crippen LogP contribution in [0.5, 0.6) is 0 Å². The maximum Gasteiger partial charge on any atom is 0.258 e. The van der Waals surface area contributed by atoms with E-state index in [4.69, 9.17) is 9.97 Å². The molecule has 1 fully saturated rings. The minimum atomic E-state index is -0.00571. The molecule has 0 aliphatic carbocycles. The zero-order valence-electron chi connectivity index (χ0n) is 15.2. The quantitative estimate of drug-likeness (QED) is 0.597. The Morgan fingerprint density at radius 2 is 2.11 bits per heavy atom. The van der Waals surface area contributed by atoms with Crippen molar-refractivity contribution in [1.82, 2.24) is 14.4 Å². The number of aryl methyl sites for hydroxylation is 1. The number of aromatic nitrogens is 3. The van der Waals surface area contributed by atoms with Gasteiger partial charge in [-0.3, -0.25) is 9.20 Å². The van der Waals surface area contributed by atoms with E-state index in [2.05, 4.69) is 18.2 Å². The molecule has 4 aromatic rings. The zero-order chi connectivity index (χ0) is 18.4. The summed E-state index contributed by atoms with van der Waals surface area (Å²) in [5.74, 6) is 0. The highest BCUT2D eigenvalue weighted by Crippen LogP contribution is 2.28. The molecule has 5 rings (SSSR count). The van der Waals surface area contributed by atoms with E-state index in [0.717, 1.165) is 41.9 Å². The van der Waals surface area contributed by atoms with Gasteiger partial charge in [0.25, 0.3) is 5.56 Å². The molecule has 1 aromatic carbocycles. The van der Waals surface area contributed by atoms with Gasteiger partial charge in [0, 0.05) is 25.1 Å². The summed E-state index contributed by atoms with van der Waals surface area (Å²) in [4.78, 5) is 23.6. The molecule has 0 bridgehead atoms. The molecule has 0 saturated carbocycles. The van der Waals surface area contributed by atoms with Gasteiger partial charge in [-0.25, -0.2) is 9.97 Å². The molecule has 1 N–H and O–H groups in total. The van der Waals surface area contributed by atoms with Crippen molar-refractivity contribution in [3.05, 3.63) is 75.3 Å². The number of fused-ring (bicyclic) bond motifs is 2. The van der Waals surface area contributed by atoms with Crippen molar-refractivity contribution in [2.24, 2.45) is 0 Å². The van der Waals surface area contributed by atoms with E-state index in [1.54, 1.807) is 28.0 Å². The fourth-order valence-corrected chi connectivity index (χ4v) is 5.25. The van der Waals surface area contributed by atoms with Crippen LogP contribution < -0.4 is 10.5 Å². The Kier molecular flexibility index (Phi) is 4.02. The second-order valence-corrected chi connectivity index (χ2v) is 8.33. The van der Waals surface area contributed by atoms with Crippen molar-refractivity contribution in [1.29, 1.82) is 0 Å². The Labute approximate surface area is 160 Å². The van der Waals surface area contributed by atoms with Crippen LogP contribution >= 0.6 is 11.3 Å². The molecule has 0 spiro atoms. The van der Waals surface area contributed by atoms with Crippen LogP contribution in [0.25, 0.3) is 15.9 Å². The SMILES string of the molecule is Cc1cccn2c(=O)cc(C[NH+]3CCC[C@H]3c3nc4ccccc4s3)nc12. The number of quaternary nitrogens is 1. The third kappa shape index (κ3) is 2.95. The van der Waals surface area contributed by atoms with E-state index in [9.17, 15) is 4.79 Å². The van der Waals surface area contributed by atoms with Gasteiger partial charge < -0.3 is 4.90 Å². The molecule has 0 radical (unpaired) electrons. The Balaban J connectivity index is 1.48. The topological polar surface area (TPSA) is 51.7 Å². The van der Waals surface area contributed by atoms with E-state index in [0.29, 0.717) is 6.04 Å². The number of rotatable bonds is 3. The molecule has 2 atom stereocenters. The summed E-state index contributed by atoms with van der Waals surface area (Å²) in [6.07, 6.45) is 4.11. The molecule has 27 heavy (non-hydrogen) atoms. The Hall–Kier alpha value is -2.57. The molecule has 1 saturated heterocycles. The molecule has 1 unspecified atom stereocenters. The number of hydrogen-bond donors (Lipinski definition) is 1. The molecule has 4 heterocycles. The first-order chi connectivity index (χ1) is 13.2. The van der Waals surface area contributed by atoms with Gasteiger partial charge in [0.2, 0.25) is 0 Å². The number of nitrogens with zero attached hydrogens (tertiary/aromatic N) is 3. The summed E-state index contributed by atoms with van der Waals surface area (Å²) < 4.78 is 2.87. The maximum absolute atomic E-state index is 12.5. The lowest BCUT2D eigenvalue weighted by Crippen LogP contribution is -3.09. The zero-order valence-corrected chi connectivity index (χ0v) is 16.0. The van der Waals surface area contributed by atoms with Crippen molar-refractivity contribution >= 4 is 27.2 Å². The van der Waals surface area contributed by atoms with E-state index in [1.807, 2.05) is 25.1 Å². The predicted octanol–water partition coefficient (Wildman–Crippen LogP) is 2.53. The smallest absolute Gasteiger partial charge is 0.258 e. The summed E-state index contributed by atoms with van der Waals surface area (Å²) in [5.41, 5.74) is 3.73. The van der Waals surface area contributed by atoms with Crippen LogP contribution in [0.1, 0.15) is 35.1 Å². The van der Waals surface area contributed by atoms with Gasteiger partial charge >= 0.3 is 0 Å². The summed E-state index contributed by atoms with van der Waals surface area (Å²) in [5, 5.41) is 1.21. The summed E-state index contributed by atoms with van der Waals surface area (Å²) in [7, 11) is 0. The van der Waals surface area contributed by atoms with Gasteiger partial charge in [-0.1, -0.05) is 18.2 Å². The van der Waals surface area contributed by atoms with Crippen LogP contribution in [-0.2, 0) is 6.54 Å². The highest BCUT2D eigenvalue weighted by molar-refractivity contribution is 7.18. The van der Waals surface area contributed by atoms with Gasteiger partial charge in [-0.15, -0.1) is 11.3 Å². The summed E-state index contributed by atoms with van der Waals surface area (Å²) >= 11 is 1.80. The average Bonchev–Trinajstić information content (AvgIpc) is 3.29. The standard InChI is InChI=1S/C21H20N4OS/c1-14-6-4-11-25-19(26)12-15(22-20(14)25)13-24-10-5-8-17(24)21-23-16-7-2-3-9-18(16)27-21/h2-4,6-7,9,11-12,17H,5,8,10,13H2,1H3/p+1/t17-/m0/s1. The summed E-state index contributed by atoms with van der Waals surface area (Å²) in [6, 6.07) is 14.3. The van der Waals surface area contributed by atoms with Crippen LogP contribution in [0.4, 0.5) is 0 Å².